The van der Waals surface area contributed by atoms with E-state index in [0.29, 0.717) is 6.54 Å². The summed E-state index contributed by atoms with van der Waals surface area (Å²) in [5.74, 6) is -0.240. The molecule has 0 bridgehead atoms. The maximum Gasteiger partial charge on any atom is 0.165 e. The van der Waals surface area contributed by atoms with E-state index in [9.17, 15) is 9.50 Å². The summed E-state index contributed by atoms with van der Waals surface area (Å²) in [5, 5.41) is 13.3. The van der Waals surface area contributed by atoms with Crippen LogP contribution in [0.2, 0.25) is 0 Å². The fourth-order valence-corrected chi connectivity index (χ4v) is 2.59. The molecule has 0 amide bonds. The Hall–Kier alpha value is -1.13. The molecule has 0 fully saturated rings. The van der Waals surface area contributed by atoms with Crippen LogP contribution in [0, 0.1) is 11.2 Å². The van der Waals surface area contributed by atoms with Crippen LogP contribution in [0.25, 0.3) is 0 Å². The highest BCUT2D eigenvalue weighted by atomic mass is 19.1. The van der Waals surface area contributed by atoms with Gasteiger partial charge in [-0.05, 0) is 37.8 Å². The zero-order chi connectivity index (χ0) is 16.1. The Balaban J connectivity index is 2.37. The van der Waals surface area contributed by atoms with Gasteiger partial charge in [-0.1, -0.05) is 32.9 Å². The van der Waals surface area contributed by atoms with Gasteiger partial charge in [0.25, 0.3) is 0 Å². The normalized spacial score (nSPS) is 14.0. The van der Waals surface area contributed by atoms with Gasteiger partial charge in [0.05, 0.1) is 0 Å². The molecule has 3 nitrogen and oxygen atoms in total. The van der Waals surface area contributed by atoms with Crippen LogP contribution in [-0.2, 0) is 0 Å². The van der Waals surface area contributed by atoms with E-state index >= 15 is 0 Å². The van der Waals surface area contributed by atoms with Crippen molar-refractivity contribution in [3.63, 3.8) is 0 Å². The molecule has 0 heterocycles. The lowest BCUT2D eigenvalue weighted by Gasteiger charge is -2.34. The summed E-state index contributed by atoms with van der Waals surface area (Å²) in [6, 6.07) is 6.20. The van der Waals surface area contributed by atoms with Crippen molar-refractivity contribution in [2.24, 2.45) is 5.41 Å². The van der Waals surface area contributed by atoms with Crippen molar-refractivity contribution in [3.05, 3.63) is 30.1 Å². The van der Waals surface area contributed by atoms with Crippen LogP contribution < -0.4 is 10.1 Å². The second kappa shape index (κ2) is 7.23. The van der Waals surface area contributed by atoms with Crippen LogP contribution in [0.4, 0.5) is 4.39 Å². The number of hydrogen-bond acceptors (Lipinski definition) is 3. The quantitative estimate of drug-likeness (QED) is 0.811. The van der Waals surface area contributed by atoms with Crippen LogP contribution in [0.5, 0.6) is 5.75 Å². The van der Waals surface area contributed by atoms with E-state index in [1.54, 1.807) is 18.2 Å². The SMILES string of the molecule is CC(C)(C)CC(C)(C)NC[C@H](O)COc1ccccc1F. The molecule has 0 aromatic heterocycles. The summed E-state index contributed by atoms with van der Waals surface area (Å²) in [6.45, 7) is 11.3. The maximum atomic E-state index is 13.4. The molecule has 4 heteroatoms. The topological polar surface area (TPSA) is 41.5 Å². The number of halogens is 1. The average molecular weight is 297 g/mol. The molecule has 0 spiro atoms. The van der Waals surface area contributed by atoms with E-state index in [4.69, 9.17) is 4.74 Å². The Morgan fingerprint density at radius 3 is 2.38 bits per heavy atom. The number of hydrogen-bond donors (Lipinski definition) is 2. The third-order valence-corrected chi connectivity index (χ3v) is 3.06. The number of benzene rings is 1. The first-order chi connectivity index (χ1) is 9.59. The summed E-state index contributed by atoms with van der Waals surface area (Å²) < 4.78 is 18.7. The van der Waals surface area contributed by atoms with Gasteiger partial charge in [0.1, 0.15) is 12.7 Å². The summed E-state index contributed by atoms with van der Waals surface area (Å²) in [5.41, 5.74) is 0.141. The van der Waals surface area contributed by atoms with Gasteiger partial charge in [0.2, 0.25) is 0 Å². The van der Waals surface area contributed by atoms with Crippen molar-refractivity contribution in [3.8, 4) is 5.75 Å². The van der Waals surface area contributed by atoms with Crippen LogP contribution in [-0.4, -0.2) is 29.9 Å². The van der Waals surface area contributed by atoms with Gasteiger partial charge >= 0.3 is 0 Å². The Morgan fingerprint density at radius 1 is 1.19 bits per heavy atom. The van der Waals surface area contributed by atoms with Gasteiger partial charge in [-0.2, -0.15) is 0 Å². The van der Waals surface area contributed by atoms with Crippen molar-refractivity contribution in [2.45, 2.75) is 52.7 Å². The number of aliphatic hydroxyl groups is 1. The minimum absolute atomic E-state index is 0.0690. The Morgan fingerprint density at radius 2 is 1.81 bits per heavy atom. The van der Waals surface area contributed by atoms with E-state index in [-0.39, 0.29) is 23.3 Å². The molecule has 21 heavy (non-hydrogen) atoms. The number of ether oxygens (including phenoxy) is 1. The van der Waals surface area contributed by atoms with E-state index in [1.807, 2.05) is 0 Å². The second-order valence-electron chi connectivity index (χ2n) is 7.40. The highest BCUT2D eigenvalue weighted by Gasteiger charge is 2.25. The number of para-hydroxylation sites is 1. The highest BCUT2D eigenvalue weighted by Crippen LogP contribution is 2.26. The number of rotatable bonds is 7. The standard InChI is InChI=1S/C17H28FNO2/c1-16(2,3)12-17(4,5)19-10-13(20)11-21-15-9-7-6-8-14(15)18/h6-9,13,19-20H,10-12H2,1-5H3/t13-/m0/s1. The molecule has 1 aromatic carbocycles. The molecular weight excluding hydrogens is 269 g/mol. The number of aliphatic hydroxyl groups excluding tert-OH is 1. The smallest absolute Gasteiger partial charge is 0.165 e. The minimum Gasteiger partial charge on any atom is -0.488 e. The highest BCUT2D eigenvalue weighted by molar-refractivity contribution is 5.23. The van der Waals surface area contributed by atoms with Crippen molar-refractivity contribution in [1.29, 1.82) is 0 Å². The maximum absolute atomic E-state index is 13.4. The van der Waals surface area contributed by atoms with Crippen LogP contribution in [0.3, 0.4) is 0 Å². The predicted molar refractivity (Wildman–Crippen MR) is 84.1 cm³/mol. The molecule has 0 aliphatic carbocycles. The molecule has 120 valence electrons. The molecule has 0 unspecified atom stereocenters. The fraction of sp³-hybridized carbons (Fsp3) is 0.647. The van der Waals surface area contributed by atoms with Crippen LogP contribution in [0.1, 0.15) is 41.0 Å². The minimum atomic E-state index is -0.677. The number of β-amino-alcohol motifs (C(OH)–C–C–N with tert-alkyl or cyclic N) is 1. The van der Waals surface area contributed by atoms with Gasteiger partial charge in [-0.15, -0.1) is 0 Å². The summed E-state index contributed by atoms with van der Waals surface area (Å²) in [6.07, 6.45) is 0.310. The number of nitrogens with one attached hydrogen (secondary N) is 1. The van der Waals surface area contributed by atoms with Gasteiger partial charge in [0, 0.05) is 12.1 Å². The molecule has 2 N–H and O–H groups in total. The molecule has 0 saturated heterocycles. The lowest BCUT2D eigenvalue weighted by molar-refractivity contribution is 0.0925. The molecule has 1 atom stereocenters. The van der Waals surface area contributed by atoms with Gasteiger partial charge < -0.3 is 15.2 Å². The lowest BCUT2D eigenvalue weighted by atomic mass is 9.82. The van der Waals surface area contributed by atoms with Crippen LogP contribution in [0.15, 0.2) is 24.3 Å². The molecule has 0 aliphatic rings. The van der Waals surface area contributed by atoms with E-state index in [2.05, 4.69) is 39.9 Å². The Kier molecular flexibility index (Phi) is 6.17. The molecule has 0 aliphatic heterocycles. The van der Waals surface area contributed by atoms with Crippen LogP contribution >= 0.6 is 0 Å². The fourth-order valence-electron chi connectivity index (χ4n) is 2.59. The average Bonchev–Trinajstić information content (AvgIpc) is 2.33. The second-order valence-corrected chi connectivity index (χ2v) is 7.40. The predicted octanol–water partition coefficient (Wildman–Crippen LogP) is 3.37. The van der Waals surface area contributed by atoms with E-state index in [1.165, 1.54) is 6.07 Å². The van der Waals surface area contributed by atoms with Crippen molar-refractivity contribution in [2.75, 3.05) is 13.2 Å². The third-order valence-electron chi connectivity index (χ3n) is 3.06. The molecule has 0 saturated carbocycles. The summed E-state index contributed by atoms with van der Waals surface area (Å²) in [4.78, 5) is 0. The largest absolute Gasteiger partial charge is 0.488 e. The van der Waals surface area contributed by atoms with Crippen molar-refractivity contribution >= 4 is 0 Å². The zero-order valence-electron chi connectivity index (χ0n) is 13.7. The molecule has 1 rings (SSSR count). The van der Waals surface area contributed by atoms with Crippen molar-refractivity contribution < 1.29 is 14.2 Å². The lowest BCUT2D eigenvalue weighted by Crippen LogP contribution is -2.46. The third kappa shape index (κ3) is 7.44. The van der Waals surface area contributed by atoms with E-state index in [0.717, 1.165) is 6.42 Å². The first kappa shape index (κ1) is 17.9. The summed E-state index contributed by atoms with van der Waals surface area (Å²) >= 11 is 0. The first-order valence-electron chi connectivity index (χ1n) is 7.39. The van der Waals surface area contributed by atoms with Gasteiger partial charge in [-0.3, -0.25) is 0 Å². The molecule has 1 aromatic rings. The molecular formula is C17H28FNO2. The van der Waals surface area contributed by atoms with E-state index < -0.39 is 11.9 Å². The molecule has 0 radical (unpaired) electrons. The first-order valence-corrected chi connectivity index (χ1v) is 7.39. The van der Waals surface area contributed by atoms with Gasteiger partial charge in [-0.25, -0.2) is 4.39 Å². The van der Waals surface area contributed by atoms with Gasteiger partial charge in [0.15, 0.2) is 11.6 Å². The Labute approximate surface area is 127 Å². The monoisotopic (exact) mass is 297 g/mol. The van der Waals surface area contributed by atoms with Crippen molar-refractivity contribution in [1.82, 2.24) is 5.32 Å². The zero-order valence-corrected chi connectivity index (χ0v) is 13.7. The summed E-state index contributed by atoms with van der Waals surface area (Å²) in [7, 11) is 0. The Bertz CT molecular complexity index is 441.